The van der Waals surface area contributed by atoms with Gasteiger partial charge in [-0.2, -0.15) is 4.98 Å². The van der Waals surface area contributed by atoms with Crippen LogP contribution in [0.4, 0.5) is 22.7 Å². The van der Waals surface area contributed by atoms with Crippen molar-refractivity contribution in [3.05, 3.63) is 24.3 Å². The van der Waals surface area contributed by atoms with Crippen molar-refractivity contribution in [3.8, 4) is 17.5 Å². The SMILES string of the molecule is CC(O)Oc1ccc(N)cc1N.COc1nc(OC)c(N)cc1N. The van der Waals surface area contributed by atoms with Crippen LogP contribution < -0.4 is 37.1 Å². The van der Waals surface area contributed by atoms with Crippen molar-refractivity contribution in [2.45, 2.75) is 13.2 Å². The van der Waals surface area contributed by atoms with E-state index in [1.165, 1.54) is 21.1 Å². The molecule has 1 aromatic carbocycles. The predicted molar refractivity (Wildman–Crippen MR) is 93.7 cm³/mol. The molecule has 0 saturated carbocycles. The fraction of sp³-hybridized carbons (Fsp3) is 0.267. The van der Waals surface area contributed by atoms with Gasteiger partial charge in [-0.25, -0.2) is 0 Å². The summed E-state index contributed by atoms with van der Waals surface area (Å²) in [5.74, 6) is 1.08. The largest absolute Gasteiger partial charge is 0.479 e. The van der Waals surface area contributed by atoms with Gasteiger partial charge in [0.05, 0.1) is 31.3 Å². The summed E-state index contributed by atoms with van der Waals surface area (Å²) in [7, 11) is 2.96. The van der Waals surface area contributed by atoms with Crippen LogP contribution in [0.5, 0.6) is 17.5 Å². The van der Waals surface area contributed by atoms with Crippen LogP contribution in [0.2, 0.25) is 0 Å². The number of aliphatic hydroxyl groups excluding tert-OH is 1. The summed E-state index contributed by atoms with van der Waals surface area (Å²) in [6, 6.07) is 6.41. The van der Waals surface area contributed by atoms with Gasteiger partial charge in [0.2, 0.25) is 11.8 Å². The quantitative estimate of drug-likeness (QED) is 0.401. The van der Waals surface area contributed by atoms with Gasteiger partial charge in [-0.05, 0) is 31.2 Å². The van der Waals surface area contributed by atoms with Crippen LogP contribution in [-0.2, 0) is 0 Å². The lowest BCUT2D eigenvalue weighted by molar-refractivity contribution is 0.000281. The standard InChI is InChI=1S/C8H12N2O2.C7H11N3O2/c1-5(11)12-8-3-2-6(9)4-7(8)10;1-11-6-4(8)3-5(9)7(10-6)12-2/h2-5,11H,9-10H2,1H3;3H,8-9H2,1-2H3. The van der Waals surface area contributed by atoms with Crippen LogP contribution in [0.15, 0.2) is 24.3 Å². The molecule has 0 radical (unpaired) electrons. The monoisotopic (exact) mass is 337 g/mol. The van der Waals surface area contributed by atoms with Gasteiger partial charge < -0.3 is 42.3 Å². The molecule has 0 aliphatic heterocycles. The number of hydrogen-bond donors (Lipinski definition) is 5. The first-order valence-corrected chi connectivity index (χ1v) is 6.92. The van der Waals surface area contributed by atoms with Gasteiger partial charge in [-0.15, -0.1) is 0 Å². The van der Waals surface area contributed by atoms with E-state index in [1.807, 2.05) is 0 Å². The molecule has 24 heavy (non-hydrogen) atoms. The third kappa shape index (κ3) is 5.29. The number of aromatic nitrogens is 1. The molecule has 1 heterocycles. The van der Waals surface area contributed by atoms with Crippen molar-refractivity contribution in [2.24, 2.45) is 0 Å². The molecule has 0 fully saturated rings. The molecule has 0 bridgehead atoms. The fourth-order valence-electron chi connectivity index (χ4n) is 1.70. The lowest BCUT2D eigenvalue weighted by Crippen LogP contribution is -2.10. The van der Waals surface area contributed by atoms with E-state index in [0.717, 1.165) is 0 Å². The Balaban J connectivity index is 0.000000240. The maximum absolute atomic E-state index is 8.89. The zero-order valence-corrected chi connectivity index (χ0v) is 13.8. The van der Waals surface area contributed by atoms with Crippen LogP contribution in [0.25, 0.3) is 0 Å². The van der Waals surface area contributed by atoms with E-state index in [4.69, 9.17) is 42.3 Å². The van der Waals surface area contributed by atoms with E-state index >= 15 is 0 Å². The van der Waals surface area contributed by atoms with Gasteiger partial charge in [-0.3, -0.25) is 0 Å². The minimum atomic E-state index is -0.865. The van der Waals surface area contributed by atoms with E-state index in [9.17, 15) is 0 Å². The van der Waals surface area contributed by atoms with Crippen molar-refractivity contribution >= 4 is 22.7 Å². The Morgan fingerprint density at radius 1 is 0.917 bits per heavy atom. The van der Waals surface area contributed by atoms with Crippen LogP contribution >= 0.6 is 0 Å². The third-order valence-corrected chi connectivity index (χ3v) is 2.73. The number of rotatable bonds is 4. The van der Waals surface area contributed by atoms with Crippen LogP contribution in [0, 0.1) is 0 Å². The summed E-state index contributed by atoms with van der Waals surface area (Å²) in [5.41, 5.74) is 23.9. The number of aliphatic hydroxyl groups is 1. The molecule has 0 saturated heterocycles. The van der Waals surface area contributed by atoms with Crippen molar-refractivity contribution in [3.63, 3.8) is 0 Å². The van der Waals surface area contributed by atoms with E-state index in [1.54, 1.807) is 24.3 Å². The summed E-state index contributed by atoms with van der Waals surface area (Å²) in [5, 5.41) is 8.89. The first-order valence-electron chi connectivity index (χ1n) is 6.92. The Morgan fingerprint density at radius 3 is 1.88 bits per heavy atom. The Morgan fingerprint density at radius 2 is 1.46 bits per heavy atom. The minimum Gasteiger partial charge on any atom is -0.479 e. The van der Waals surface area contributed by atoms with Gasteiger partial charge >= 0.3 is 0 Å². The molecule has 132 valence electrons. The second-order valence-corrected chi connectivity index (χ2v) is 4.70. The zero-order valence-electron chi connectivity index (χ0n) is 13.8. The number of anilines is 4. The number of nitrogens with two attached hydrogens (primary N) is 4. The number of pyridine rings is 1. The Hall–Kier alpha value is -3.07. The number of nitrogen functional groups attached to an aromatic ring is 4. The van der Waals surface area contributed by atoms with Crippen molar-refractivity contribution < 1.29 is 19.3 Å². The van der Waals surface area contributed by atoms with Gasteiger partial charge in [0.25, 0.3) is 0 Å². The van der Waals surface area contributed by atoms with Crippen molar-refractivity contribution in [2.75, 3.05) is 37.2 Å². The molecule has 2 aromatic rings. The first-order chi connectivity index (χ1) is 11.3. The van der Waals surface area contributed by atoms with Gasteiger partial charge in [-0.1, -0.05) is 0 Å². The van der Waals surface area contributed by atoms with E-state index in [0.29, 0.717) is 40.3 Å². The van der Waals surface area contributed by atoms with Crippen molar-refractivity contribution in [1.82, 2.24) is 4.98 Å². The predicted octanol–water partition coefficient (Wildman–Crippen LogP) is 0.831. The van der Waals surface area contributed by atoms with Crippen LogP contribution in [0.1, 0.15) is 6.92 Å². The molecule has 0 spiro atoms. The molecule has 9 N–H and O–H groups in total. The first kappa shape index (κ1) is 19.0. The molecule has 0 amide bonds. The third-order valence-electron chi connectivity index (χ3n) is 2.73. The Bertz CT molecular complexity index is 654. The molecular formula is C15H23N5O4. The molecule has 9 nitrogen and oxygen atoms in total. The maximum atomic E-state index is 8.89. The average Bonchev–Trinajstić information content (AvgIpc) is 2.51. The molecule has 0 aliphatic rings. The average molecular weight is 337 g/mol. The molecule has 1 aromatic heterocycles. The molecule has 1 unspecified atom stereocenters. The lowest BCUT2D eigenvalue weighted by Gasteiger charge is -2.10. The second-order valence-electron chi connectivity index (χ2n) is 4.70. The molecule has 0 aliphatic carbocycles. The maximum Gasteiger partial charge on any atom is 0.240 e. The number of nitrogens with zero attached hydrogens (tertiary/aromatic N) is 1. The highest BCUT2D eigenvalue weighted by Crippen LogP contribution is 2.27. The van der Waals surface area contributed by atoms with E-state index < -0.39 is 6.29 Å². The van der Waals surface area contributed by atoms with E-state index in [-0.39, 0.29) is 0 Å². The Labute approximate surface area is 140 Å². The Kier molecular flexibility index (Phi) is 6.75. The van der Waals surface area contributed by atoms with E-state index in [2.05, 4.69) is 4.98 Å². The highest BCUT2D eigenvalue weighted by Gasteiger charge is 2.07. The number of methoxy groups -OCH3 is 2. The fourth-order valence-corrected chi connectivity index (χ4v) is 1.70. The topological polar surface area (TPSA) is 165 Å². The van der Waals surface area contributed by atoms with Gasteiger partial charge in [0.1, 0.15) is 5.75 Å². The molecule has 9 heteroatoms. The number of benzene rings is 1. The molecule has 1 atom stereocenters. The van der Waals surface area contributed by atoms with Crippen LogP contribution in [-0.4, -0.2) is 30.6 Å². The number of hydrogen-bond acceptors (Lipinski definition) is 9. The summed E-state index contributed by atoms with van der Waals surface area (Å²) >= 11 is 0. The summed E-state index contributed by atoms with van der Waals surface area (Å²) < 4.78 is 14.7. The highest BCUT2D eigenvalue weighted by molar-refractivity contribution is 5.62. The second kappa shape index (κ2) is 8.53. The van der Waals surface area contributed by atoms with Gasteiger partial charge in [0, 0.05) is 5.69 Å². The summed E-state index contributed by atoms with van der Waals surface area (Å²) in [6.45, 7) is 1.51. The zero-order chi connectivity index (χ0) is 18.3. The molecule has 2 rings (SSSR count). The highest BCUT2D eigenvalue weighted by atomic mass is 16.6. The van der Waals surface area contributed by atoms with Crippen LogP contribution in [0.3, 0.4) is 0 Å². The lowest BCUT2D eigenvalue weighted by atomic mass is 10.2. The minimum absolute atomic E-state index is 0.320. The summed E-state index contributed by atoms with van der Waals surface area (Å²) in [4.78, 5) is 3.91. The molecular weight excluding hydrogens is 314 g/mol. The number of ether oxygens (including phenoxy) is 3. The van der Waals surface area contributed by atoms with Gasteiger partial charge in [0.15, 0.2) is 6.29 Å². The normalized spacial score (nSPS) is 11.0. The van der Waals surface area contributed by atoms with Crippen molar-refractivity contribution in [1.29, 1.82) is 0 Å². The summed E-state index contributed by atoms with van der Waals surface area (Å²) in [6.07, 6.45) is -0.865. The smallest absolute Gasteiger partial charge is 0.240 e.